The van der Waals surface area contributed by atoms with E-state index in [1.165, 1.54) is 33.1 Å². The van der Waals surface area contributed by atoms with Gasteiger partial charge in [0.15, 0.2) is 10.8 Å². The van der Waals surface area contributed by atoms with Gasteiger partial charge in [-0.25, -0.2) is 15.0 Å². The minimum Gasteiger partial charge on any atom is -0.266 e. The van der Waals surface area contributed by atoms with Crippen LogP contribution in [-0.4, -0.2) is 26.8 Å². The number of thiazole rings is 1. The summed E-state index contributed by atoms with van der Waals surface area (Å²) in [6.07, 6.45) is 6.44. The van der Waals surface area contributed by atoms with Crippen molar-refractivity contribution >= 4 is 34.5 Å². The fourth-order valence-corrected chi connectivity index (χ4v) is 5.18. The Hall–Kier alpha value is -2.65. The first-order chi connectivity index (χ1) is 13.5. The van der Waals surface area contributed by atoms with E-state index in [1.54, 1.807) is 25.4 Å². The van der Waals surface area contributed by atoms with Crippen molar-refractivity contribution in [3.8, 4) is 10.8 Å². The molecule has 1 atom stereocenters. The Morgan fingerprint density at radius 3 is 2.68 bits per heavy atom. The molecule has 9 heteroatoms. The van der Waals surface area contributed by atoms with Gasteiger partial charge in [0.1, 0.15) is 4.88 Å². The molecule has 0 saturated heterocycles. The molecule has 144 valence electrons. The van der Waals surface area contributed by atoms with E-state index < -0.39 is 5.91 Å². The molecule has 2 N–H and O–H groups in total. The highest BCUT2D eigenvalue weighted by Crippen LogP contribution is 2.32. The van der Waals surface area contributed by atoms with Crippen molar-refractivity contribution in [3.05, 3.63) is 50.4 Å². The molecule has 2 amide bonds. The molecule has 1 aliphatic rings. The monoisotopic (exact) mass is 413 g/mol. The van der Waals surface area contributed by atoms with E-state index in [4.69, 9.17) is 0 Å². The molecule has 7 nitrogen and oxygen atoms in total. The molecule has 1 aliphatic carbocycles. The second-order valence-electron chi connectivity index (χ2n) is 6.82. The Labute approximate surface area is 170 Å². The van der Waals surface area contributed by atoms with Crippen LogP contribution in [0.1, 0.15) is 48.8 Å². The van der Waals surface area contributed by atoms with Crippen molar-refractivity contribution in [2.45, 2.75) is 33.1 Å². The smallest absolute Gasteiger partial charge is 0.266 e. The van der Waals surface area contributed by atoms with E-state index in [-0.39, 0.29) is 5.91 Å². The summed E-state index contributed by atoms with van der Waals surface area (Å²) in [5.41, 5.74) is 6.83. The lowest BCUT2D eigenvalue weighted by Crippen LogP contribution is -2.41. The average molecular weight is 414 g/mol. The summed E-state index contributed by atoms with van der Waals surface area (Å²) < 4.78 is 0. The molecule has 1 unspecified atom stereocenters. The number of aryl methyl sites for hydroxylation is 2. The standard InChI is InChI=1S/C19H19N5O2S2/c1-10-4-5-13-12(8-10)9-14(27-13)17(25)23-24-18(26)15-11(2)22-19(28-15)16-20-6-3-7-21-16/h3,6-7,9-10H,4-5,8H2,1-2H3,(H,23,25)(H,24,26). The van der Waals surface area contributed by atoms with Crippen molar-refractivity contribution in [1.29, 1.82) is 0 Å². The van der Waals surface area contributed by atoms with Gasteiger partial charge in [0.25, 0.3) is 11.8 Å². The zero-order valence-electron chi connectivity index (χ0n) is 15.5. The quantitative estimate of drug-likeness (QED) is 0.643. The maximum Gasteiger partial charge on any atom is 0.281 e. The van der Waals surface area contributed by atoms with Gasteiger partial charge in [-0.1, -0.05) is 6.92 Å². The third kappa shape index (κ3) is 3.81. The number of nitrogens with zero attached hydrogens (tertiary/aromatic N) is 3. The number of hydrazine groups is 1. The molecular weight excluding hydrogens is 394 g/mol. The Kier molecular flexibility index (Phi) is 5.19. The van der Waals surface area contributed by atoms with Crippen molar-refractivity contribution in [2.24, 2.45) is 5.92 Å². The highest BCUT2D eigenvalue weighted by Gasteiger charge is 2.22. The highest BCUT2D eigenvalue weighted by molar-refractivity contribution is 7.17. The number of hydrogen-bond acceptors (Lipinski definition) is 7. The summed E-state index contributed by atoms with van der Waals surface area (Å²) >= 11 is 2.70. The van der Waals surface area contributed by atoms with Crippen LogP contribution in [0.3, 0.4) is 0 Å². The molecule has 3 aromatic rings. The molecule has 4 rings (SSSR count). The van der Waals surface area contributed by atoms with Crippen molar-refractivity contribution in [1.82, 2.24) is 25.8 Å². The number of carbonyl (C=O) groups excluding carboxylic acids is 2. The maximum absolute atomic E-state index is 12.5. The van der Waals surface area contributed by atoms with E-state index in [0.29, 0.717) is 32.2 Å². The number of nitrogens with one attached hydrogen (secondary N) is 2. The maximum atomic E-state index is 12.5. The average Bonchev–Trinajstić information content (AvgIpc) is 3.29. The number of fused-ring (bicyclic) bond motifs is 1. The second kappa shape index (κ2) is 7.76. The van der Waals surface area contributed by atoms with Crippen LogP contribution < -0.4 is 10.9 Å². The van der Waals surface area contributed by atoms with Crippen LogP contribution in [0, 0.1) is 12.8 Å². The van der Waals surface area contributed by atoms with Gasteiger partial charge in [-0.3, -0.25) is 20.4 Å². The number of amides is 2. The Morgan fingerprint density at radius 1 is 1.14 bits per heavy atom. The number of carbonyl (C=O) groups is 2. The molecule has 0 spiro atoms. The minimum absolute atomic E-state index is 0.297. The van der Waals surface area contributed by atoms with Crippen molar-refractivity contribution < 1.29 is 9.59 Å². The summed E-state index contributed by atoms with van der Waals surface area (Å²) in [6.45, 7) is 3.97. The zero-order chi connectivity index (χ0) is 19.7. The van der Waals surface area contributed by atoms with Crippen LogP contribution in [0.25, 0.3) is 10.8 Å². The van der Waals surface area contributed by atoms with Gasteiger partial charge in [0.2, 0.25) is 0 Å². The van der Waals surface area contributed by atoms with Gasteiger partial charge in [-0.15, -0.1) is 22.7 Å². The van der Waals surface area contributed by atoms with E-state index in [9.17, 15) is 9.59 Å². The van der Waals surface area contributed by atoms with Crippen molar-refractivity contribution in [2.75, 3.05) is 0 Å². The molecule has 0 aliphatic heterocycles. The number of thiophene rings is 1. The molecule has 0 radical (unpaired) electrons. The van der Waals surface area contributed by atoms with E-state index >= 15 is 0 Å². The van der Waals surface area contributed by atoms with Gasteiger partial charge in [-0.2, -0.15) is 0 Å². The van der Waals surface area contributed by atoms with Crippen LogP contribution in [0.2, 0.25) is 0 Å². The number of rotatable bonds is 3. The predicted molar refractivity (Wildman–Crippen MR) is 108 cm³/mol. The van der Waals surface area contributed by atoms with E-state index in [2.05, 4.69) is 32.7 Å². The lowest BCUT2D eigenvalue weighted by atomic mass is 9.90. The largest absolute Gasteiger partial charge is 0.281 e. The zero-order valence-corrected chi connectivity index (χ0v) is 17.1. The molecule has 28 heavy (non-hydrogen) atoms. The molecule has 0 fully saturated rings. The molecule has 0 saturated carbocycles. The third-order valence-corrected chi connectivity index (χ3v) is 6.99. The lowest BCUT2D eigenvalue weighted by molar-refractivity contribution is 0.0850. The van der Waals surface area contributed by atoms with Crippen LogP contribution in [0.4, 0.5) is 0 Å². The molecule has 0 bridgehead atoms. The Morgan fingerprint density at radius 2 is 1.89 bits per heavy atom. The Balaban J connectivity index is 1.42. The topological polar surface area (TPSA) is 96.9 Å². The first kappa shape index (κ1) is 18.7. The number of hydrogen-bond donors (Lipinski definition) is 2. The highest BCUT2D eigenvalue weighted by atomic mass is 32.1. The van der Waals surface area contributed by atoms with Gasteiger partial charge < -0.3 is 0 Å². The van der Waals surface area contributed by atoms with Crippen LogP contribution >= 0.6 is 22.7 Å². The number of aromatic nitrogens is 3. The summed E-state index contributed by atoms with van der Waals surface area (Å²) in [7, 11) is 0. The lowest BCUT2D eigenvalue weighted by Gasteiger charge is -2.16. The summed E-state index contributed by atoms with van der Waals surface area (Å²) in [5.74, 6) is 0.418. The molecule has 3 heterocycles. The first-order valence-corrected chi connectivity index (χ1v) is 10.6. The summed E-state index contributed by atoms with van der Waals surface area (Å²) in [5, 5.41) is 0.564. The molecule has 3 aromatic heterocycles. The van der Waals surface area contributed by atoms with Gasteiger partial charge in [-0.05, 0) is 49.8 Å². The summed E-state index contributed by atoms with van der Waals surface area (Å²) in [4.78, 5) is 39.9. The van der Waals surface area contributed by atoms with Gasteiger partial charge in [0.05, 0.1) is 10.6 Å². The van der Waals surface area contributed by atoms with Crippen LogP contribution in [-0.2, 0) is 12.8 Å². The van der Waals surface area contributed by atoms with E-state index in [1.807, 2.05) is 6.07 Å². The second-order valence-corrected chi connectivity index (χ2v) is 8.96. The predicted octanol–water partition coefficient (Wildman–Crippen LogP) is 3.17. The normalized spacial score (nSPS) is 15.7. The first-order valence-electron chi connectivity index (χ1n) is 8.98. The SMILES string of the molecule is Cc1nc(-c2ncccn2)sc1C(=O)NNC(=O)c1cc2c(s1)CCC(C)C2. The van der Waals surface area contributed by atoms with Crippen molar-refractivity contribution in [3.63, 3.8) is 0 Å². The molecule has 0 aromatic carbocycles. The minimum atomic E-state index is -0.402. The third-order valence-electron chi connectivity index (χ3n) is 4.60. The van der Waals surface area contributed by atoms with Crippen LogP contribution in [0.15, 0.2) is 24.5 Å². The van der Waals surface area contributed by atoms with Crippen LogP contribution in [0.5, 0.6) is 0 Å². The fraction of sp³-hybridized carbons (Fsp3) is 0.316. The molecular formula is C19H19N5O2S2. The summed E-state index contributed by atoms with van der Waals surface area (Å²) in [6, 6.07) is 3.66. The van der Waals surface area contributed by atoms with Gasteiger partial charge >= 0.3 is 0 Å². The fourth-order valence-electron chi connectivity index (χ4n) is 3.16. The Bertz CT molecular complexity index is 1030. The van der Waals surface area contributed by atoms with Gasteiger partial charge in [0, 0.05) is 17.3 Å². The van der Waals surface area contributed by atoms with E-state index in [0.717, 1.165) is 19.3 Å².